The first-order valence-corrected chi connectivity index (χ1v) is 5.22. The predicted octanol–water partition coefficient (Wildman–Crippen LogP) is 3.01. The topological polar surface area (TPSA) is 3.24 Å². The molecule has 0 amide bonds. The molecule has 1 heteroatoms. The molecule has 0 aromatic carbocycles. The Bertz CT molecular complexity index is 99.2. The molecule has 0 saturated heterocycles. The van der Waals surface area contributed by atoms with Gasteiger partial charge in [0.2, 0.25) is 0 Å². The Kier molecular flexibility index (Phi) is 6.45. The second-order valence-electron chi connectivity index (χ2n) is 4.34. The van der Waals surface area contributed by atoms with Gasteiger partial charge in [-0.1, -0.05) is 33.6 Å². The molecule has 0 aliphatic rings. The van der Waals surface area contributed by atoms with Crippen molar-refractivity contribution in [2.75, 3.05) is 20.6 Å². The summed E-state index contributed by atoms with van der Waals surface area (Å²) in [5.74, 6) is 1.78. The summed E-state index contributed by atoms with van der Waals surface area (Å²) < 4.78 is 0. The van der Waals surface area contributed by atoms with Gasteiger partial charge >= 0.3 is 0 Å². The van der Waals surface area contributed by atoms with Gasteiger partial charge in [0.05, 0.1) is 0 Å². The zero-order valence-corrected chi connectivity index (χ0v) is 9.43. The van der Waals surface area contributed by atoms with E-state index >= 15 is 0 Å². The van der Waals surface area contributed by atoms with Crippen LogP contribution in [0, 0.1) is 11.8 Å². The predicted molar refractivity (Wildman–Crippen MR) is 56.4 cm³/mol. The minimum atomic E-state index is 0.882. The van der Waals surface area contributed by atoms with E-state index in [9.17, 15) is 0 Å². The first kappa shape index (κ1) is 12.0. The van der Waals surface area contributed by atoms with Crippen LogP contribution in [0.1, 0.15) is 40.0 Å². The van der Waals surface area contributed by atoms with E-state index in [-0.39, 0.29) is 0 Å². The summed E-state index contributed by atoms with van der Waals surface area (Å²) in [6, 6.07) is 0. The summed E-state index contributed by atoms with van der Waals surface area (Å²) >= 11 is 0. The van der Waals surface area contributed by atoms with Crippen LogP contribution >= 0.6 is 0 Å². The number of hydrogen-bond acceptors (Lipinski definition) is 1. The summed E-state index contributed by atoms with van der Waals surface area (Å²) in [5, 5.41) is 0. The molecule has 0 aromatic rings. The molecule has 0 fully saturated rings. The molecule has 0 rings (SSSR count). The fourth-order valence-corrected chi connectivity index (χ4v) is 1.49. The van der Waals surface area contributed by atoms with Crippen LogP contribution in [0.3, 0.4) is 0 Å². The van der Waals surface area contributed by atoms with E-state index < -0.39 is 0 Å². The summed E-state index contributed by atoms with van der Waals surface area (Å²) in [6.07, 6.45) is 4.05. The highest BCUT2D eigenvalue weighted by Crippen LogP contribution is 2.19. The molecule has 0 spiro atoms. The van der Waals surface area contributed by atoms with Crippen LogP contribution in [0.4, 0.5) is 0 Å². The van der Waals surface area contributed by atoms with Crippen LogP contribution in [0.25, 0.3) is 0 Å². The molecule has 12 heavy (non-hydrogen) atoms. The van der Waals surface area contributed by atoms with Crippen molar-refractivity contribution in [1.29, 1.82) is 0 Å². The zero-order valence-electron chi connectivity index (χ0n) is 9.43. The second kappa shape index (κ2) is 6.47. The molecule has 0 radical (unpaired) electrons. The van der Waals surface area contributed by atoms with Crippen molar-refractivity contribution in [1.82, 2.24) is 4.90 Å². The zero-order chi connectivity index (χ0) is 9.56. The standard InChI is InChI=1S/C11H25N/c1-6-7-10(2)11(3)8-9-12(4)5/h10-11H,6-9H2,1-5H3. The fourth-order valence-electron chi connectivity index (χ4n) is 1.49. The molecular weight excluding hydrogens is 146 g/mol. The maximum absolute atomic E-state index is 2.38. The Hall–Kier alpha value is -0.0400. The van der Waals surface area contributed by atoms with Crippen molar-refractivity contribution < 1.29 is 0 Å². The van der Waals surface area contributed by atoms with Crippen LogP contribution < -0.4 is 0 Å². The summed E-state index contributed by atoms with van der Waals surface area (Å²) in [5.41, 5.74) is 0. The fraction of sp³-hybridized carbons (Fsp3) is 1.00. The van der Waals surface area contributed by atoms with Gasteiger partial charge in [-0.25, -0.2) is 0 Å². The third-order valence-corrected chi connectivity index (χ3v) is 2.75. The quantitative estimate of drug-likeness (QED) is 0.594. The van der Waals surface area contributed by atoms with Gasteiger partial charge in [0, 0.05) is 0 Å². The van der Waals surface area contributed by atoms with Gasteiger partial charge in [-0.2, -0.15) is 0 Å². The van der Waals surface area contributed by atoms with Crippen molar-refractivity contribution in [3.63, 3.8) is 0 Å². The Morgan fingerprint density at radius 1 is 1.00 bits per heavy atom. The highest BCUT2D eigenvalue weighted by atomic mass is 15.0. The number of hydrogen-bond donors (Lipinski definition) is 0. The van der Waals surface area contributed by atoms with Crippen molar-refractivity contribution in [3.8, 4) is 0 Å². The van der Waals surface area contributed by atoms with Crippen molar-refractivity contribution >= 4 is 0 Å². The van der Waals surface area contributed by atoms with Gasteiger partial charge in [-0.05, 0) is 38.9 Å². The van der Waals surface area contributed by atoms with Crippen LogP contribution in [0.2, 0.25) is 0 Å². The Balaban J connectivity index is 3.49. The number of nitrogens with zero attached hydrogens (tertiary/aromatic N) is 1. The SMILES string of the molecule is CCCC(C)C(C)CCN(C)C. The van der Waals surface area contributed by atoms with E-state index in [1.165, 1.54) is 25.8 Å². The molecule has 0 aliphatic carbocycles. The monoisotopic (exact) mass is 171 g/mol. The number of rotatable bonds is 6. The lowest BCUT2D eigenvalue weighted by molar-refractivity contribution is 0.292. The molecular formula is C11H25N. The van der Waals surface area contributed by atoms with Gasteiger partial charge in [-0.3, -0.25) is 0 Å². The maximum Gasteiger partial charge on any atom is -0.00222 e. The summed E-state index contributed by atoms with van der Waals surface area (Å²) in [4.78, 5) is 2.27. The van der Waals surface area contributed by atoms with Gasteiger partial charge in [0.1, 0.15) is 0 Å². The lowest BCUT2D eigenvalue weighted by Gasteiger charge is -2.20. The van der Waals surface area contributed by atoms with Gasteiger partial charge in [-0.15, -0.1) is 0 Å². The van der Waals surface area contributed by atoms with E-state index in [0.29, 0.717) is 0 Å². The van der Waals surface area contributed by atoms with Gasteiger partial charge in [0.15, 0.2) is 0 Å². The van der Waals surface area contributed by atoms with Crippen molar-refractivity contribution in [2.24, 2.45) is 11.8 Å². The molecule has 2 atom stereocenters. The largest absolute Gasteiger partial charge is 0.309 e. The first-order chi connectivity index (χ1) is 5.57. The van der Waals surface area contributed by atoms with E-state index in [2.05, 4.69) is 39.8 Å². The van der Waals surface area contributed by atoms with Gasteiger partial charge < -0.3 is 4.90 Å². The summed E-state index contributed by atoms with van der Waals surface area (Å²) in [7, 11) is 4.30. The van der Waals surface area contributed by atoms with Crippen LogP contribution in [-0.4, -0.2) is 25.5 Å². The average molecular weight is 171 g/mol. The lowest BCUT2D eigenvalue weighted by atomic mass is 9.89. The third kappa shape index (κ3) is 5.59. The molecule has 2 unspecified atom stereocenters. The Morgan fingerprint density at radius 3 is 1.92 bits per heavy atom. The smallest absolute Gasteiger partial charge is 0.00222 e. The molecule has 74 valence electrons. The Morgan fingerprint density at radius 2 is 1.50 bits per heavy atom. The maximum atomic E-state index is 2.38. The highest BCUT2D eigenvalue weighted by Gasteiger charge is 2.10. The minimum absolute atomic E-state index is 0.882. The van der Waals surface area contributed by atoms with Gasteiger partial charge in [0.25, 0.3) is 0 Å². The van der Waals surface area contributed by atoms with Crippen molar-refractivity contribution in [2.45, 2.75) is 40.0 Å². The van der Waals surface area contributed by atoms with E-state index in [4.69, 9.17) is 0 Å². The molecule has 0 bridgehead atoms. The van der Waals surface area contributed by atoms with E-state index in [0.717, 1.165) is 11.8 Å². The normalized spacial score (nSPS) is 16.5. The minimum Gasteiger partial charge on any atom is -0.309 e. The summed E-state index contributed by atoms with van der Waals surface area (Å²) in [6.45, 7) is 8.26. The third-order valence-electron chi connectivity index (χ3n) is 2.75. The van der Waals surface area contributed by atoms with Crippen LogP contribution in [0.15, 0.2) is 0 Å². The van der Waals surface area contributed by atoms with E-state index in [1.807, 2.05) is 0 Å². The Labute approximate surface area is 78.1 Å². The second-order valence-corrected chi connectivity index (χ2v) is 4.34. The molecule has 0 aromatic heterocycles. The van der Waals surface area contributed by atoms with Crippen molar-refractivity contribution in [3.05, 3.63) is 0 Å². The molecule has 0 heterocycles. The van der Waals surface area contributed by atoms with Crippen LogP contribution in [0.5, 0.6) is 0 Å². The molecule has 1 nitrogen and oxygen atoms in total. The molecule has 0 aliphatic heterocycles. The first-order valence-electron chi connectivity index (χ1n) is 5.22. The molecule has 0 N–H and O–H groups in total. The lowest BCUT2D eigenvalue weighted by Crippen LogP contribution is -2.18. The van der Waals surface area contributed by atoms with E-state index in [1.54, 1.807) is 0 Å². The highest BCUT2D eigenvalue weighted by molar-refractivity contribution is 4.62. The van der Waals surface area contributed by atoms with Crippen LogP contribution in [-0.2, 0) is 0 Å². The average Bonchev–Trinajstić information content (AvgIpc) is 2.00. The molecule has 0 saturated carbocycles.